The minimum atomic E-state index is -3.71. The molecule has 1 amide bonds. The van der Waals surface area contributed by atoms with Crippen LogP contribution in [0.25, 0.3) is 0 Å². The zero-order valence-electron chi connectivity index (χ0n) is 13.0. The zero-order valence-corrected chi connectivity index (χ0v) is 13.8. The van der Waals surface area contributed by atoms with Crippen molar-refractivity contribution in [1.29, 1.82) is 0 Å². The average molecular weight is 345 g/mol. The highest BCUT2D eigenvalue weighted by Gasteiger charge is 2.20. The van der Waals surface area contributed by atoms with E-state index in [1.807, 2.05) is 0 Å². The summed E-state index contributed by atoms with van der Waals surface area (Å²) in [6.07, 6.45) is -0.339. The number of benzene rings is 1. The number of carbonyl (C=O) groups excluding carboxylic acids is 1. The molecule has 0 radical (unpaired) electrons. The minimum absolute atomic E-state index is 0.00534. The fourth-order valence-electron chi connectivity index (χ4n) is 1.73. The van der Waals surface area contributed by atoms with Crippen LogP contribution in [-0.2, 0) is 19.4 Å². The van der Waals surface area contributed by atoms with Crippen molar-refractivity contribution in [2.75, 3.05) is 20.0 Å². The first-order chi connectivity index (χ1) is 10.7. The number of carboxylic acid groups (broad SMARTS) is 1. The molecule has 0 saturated carbocycles. The van der Waals surface area contributed by atoms with E-state index in [1.54, 1.807) is 0 Å². The van der Waals surface area contributed by atoms with Gasteiger partial charge in [-0.3, -0.25) is 9.59 Å². The summed E-state index contributed by atoms with van der Waals surface area (Å²) in [6.45, 7) is 1.29. The van der Waals surface area contributed by atoms with E-state index in [0.29, 0.717) is 5.75 Å². The van der Waals surface area contributed by atoms with E-state index in [0.717, 1.165) is 0 Å². The fraction of sp³-hybridized carbons (Fsp3) is 0.429. The number of carbonyl (C=O) groups is 2. The van der Waals surface area contributed by atoms with Gasteiger partial charge in [0.1, 0.15) is 6.04 Å². The second kappa shape index (κ2) is 7.82. The van der Waals surface area contributed by atoms with E-state index in [9.17, 15) is 18.0 Å². The number of sulfone groups is 1. The smallest absolute Gasteiger partial charge is 0.325 e. The van der Waals surface area contributed by atoms with Crippen LogP contribution in [0, 0.1) is 0 Å². The van der Waals surface area contributed by atoms with Crippen molar-refractivity contribution >= 4 is 21.7 Å². The second-order valence-corrected chi connectivity index (χ2v) is 6.82. The molecule has 0 aliphatic carbocycles. The highest BCUT2D eigenvalue weighted by molar-refractivity contribution is 7.91. The molecule has 0 aromatic heterocycles. The first kappa shape index (κ1) is 18.8. The molecule has 2 N–H and O–H groups in total. The number of methoxy groups -OCH3 is 2. The van der Waals surface area contributed by atoms with Crippen molar-refractivity contribution in [1.82, 2.24) is 5.32 Å². The summed E-state index contributed by atoms with van der Waals surface area (Å²) in [5, 5.41) is 10.9. The van der Waals surface area contributed by atoms with Crippen molar-refractivity contribution < 1.29 is 32.6 Å². The van der Waals surface area contributed by atoms with Gasteiger partial charge in [-0.1, -0.05) is 0 Å². The quantitative estimate of drug-likeness (QED) is 0.702. The van der Waals surface area contributed by atoms with Gasteiger partial charge in [0.15, 0.2) is 21.3 Å². The van der Waals surface area contributed by atoms with Gasteiger partial charge in [0.05, 0.1) is 24.9 Å². The molecular weight excluding hydrogens is 326 g/mol. The van der Waals surface area contributed by atoms with E-state index in [-0.39, 0.29) is 17.1 Å². The van der Waals surface area contributed by atoms with Crippen LogP contribution >= 0.6 is 0 Å². The van der Waals surface area contributed by atoms with Crippen molar-refractivity contribution in [3.63, 3.8) is 0 Å². The molecule has 0 bridgehead atoms. The van der Waals surface area contributed by atoms with Crippen LogP contribution in [0.1, 0.15) is 13.3 Å². The van der Waals surface area contributed by atoms with Gasteiger partial charge in [0.25, 0.3) is 0 Å². The van der Waals surface area contributed by atoms with Gasteiger partial charge >= 0.3 is 5.97 Å². The minimum Gasteiger partial charge on any atom is -0.493 e. The normalized spacial score (nSPS) is 12.3. The van der Waals surface area contributed by atoms with Gasteiger partial charge in [0.2, 0.25) is 5.91 Å². The SMILES string of the molecule is COc1ccc(S(=O)(=O)CCC(=O)N[C@H](C)C(=O)O)cc1OC. The van der Waals surface area contributed by atoms with Crippen molar-refractivity contribution in [2.24, 2.45) is 0 Å². The van der Waals surface area contributed by atoms with Crippen LogP contribution in [0.2, 0.25) is 0 Å². The molecule has 9 heteroatoms. The van der Waals surface area contributed by atoms with Crippen LogP contribution in [0.4, 0.5) is 0 Å². The molecule has 1 atom stereocenters. The first-order valence-electron chi connectivity index (χ1n) is 6.68. The van der Waals surface area contributed by atoms with E-state index in [4.69, 9.17) is 14.6 Å². The maximum absolute atomic E-state index is 12.2. The summed E-state index contributed by atoms with van der Waals surface area (Å²) < 4.78 is 34.5. The third kappa shape index (κ3) is 5.13. The van der Waals surface area contributed by atoms with Gasteiger partial charge in [-0.25, -0.2) is 8.42 Å². The number of rotatable bonds is 8. The molecule has 0 aliphatic heterocycles. The third-order valence-electron chi connectivity index (χ3n) is 3.06. The summed E-state index contributed by atoms with van der Waals surface area (Å²) in [5.74, 6) is -1.64. The second-order valence-electron chi connectivity index (χ2n) is 4.71. The zero-order chi connectivity index (χ0) is 17.6. The Hall–Kier alpha value is -2.29. The molecule has 0 aliphatic rings. The molecule has 8 nitrogen and oxygen atoms in total. The molecule has 0 heterocycles. The van der Waals surface area contributed by atoms with Crippen LogP contribution < -0.4 is 14.8 Å². The van der Waals surface area contributed by atoms with Crippen LogP contribution in [0.15, 0.2) is 23.1 Å². The van der Waals surface area contributed by atoms with Crippen molar-refractivity contribution in [3.05, 3.63) is 18.2 Å². The van der Waals surface area contributed by atoms with Gasteiger partial charge < -0.3 is 19.9 Å². The van der Waals surface area contributed by atoms with E-state index in [1.165, 1.54) is 39.3 Å². The number of aliphatic carboxylic acids is 1. The number of nitrogens with one attached hydrogen (secondary N) is 1. The summed E-state index contributed by atoms with van der Waals surface area (Å²) >= 11 is 0. The topological polar surface area (TPSA) is 119 Å². The van der Waals surface area contributed by atoms with Crippen LogP contribution in [-0.4, -0.2) is 51.4 Å². The van der Waals surface area contributed by atoms with Crippen molar-refractivity contribution in [3.8, 4) is 11.5 Å². The Labute approximate surface area is 134 Å². The van der Waals surface area contributed by atoms with Gasteiger partial charge in [-0.05, 0) is 19.1 Å². The van der Waals surface area contributed by atoms with Gasteiger partial charge in [-0.15, -0.1) is 0 Å². The molecule has 128 valence electrons. The predicted octanol–water partition coefficient (Wildman–Crippen LogP) is 0.457. The first-order valence-corrected chi connectivity index (χ1v) is 8.33. The Kier molecular flexibility index (Phi) is 6.38. The molecule has 0 spiro atoms. The molecule has 0 unspecified atom stereocenters. The lowest BCUT2D eigenvalue weighted by molar-refractivity contribution is -0.141. The number of carboxylic acids is 1. The molecule has 0 fully saturated rings. The number of hydrogen-bond acceptors (Lipinski definition) is 6. The lowest BCUT2D eigenvalue weighted by atomic mass is 10.3. The maximum Gasteiger partial charge on any atom is 0.325 e. The summed E-state index contributed by atoms with van der Waals surface area (Å²) in [5.41, 5.74) is 0. The molecule has 1 aromatic carbocycles. The third-order valence-corrected chi connectivity index (χ3v) is 4.77. The summed E-state index contributed by atoms with van der Waals surface area (Å²) in [4.78, 5) is 22.2. The highest BCUT2D eigenvalue weighted by atomic mass is 32.2. The Balaban J connectivity index is 2.80. The van der Waals surface area contributed by atoms with E-state index in [2.05, 4.69) is 5.32 Å². The fourth-order valence-corrected chi connectivity index (χ4v) is 2.98. The average Bonchev–Trinajstić information content (AvgIpc) is 2.52. The maximum atomic E-state index is 12.2. The molecular formula is C14H19NO7S. The Bertz CT molecular complexity index is 684. The number of amides is 1. The Morgan fingerprint density at radius 1 is 1.22 bits per heavy atom. The predicted molar refractivity (Wildman–Crippen MR) is 81.5 cm³/mol. The van der Waals surface area contributed by atoms with Crippen LogP contribution in [0.3, 0.4) is 0 Å². The molecule has 1 aromatic rings. The summed E-state index contributed by atoms with van der Waals surface area (Å²) in [6, 6.07) is 3.05. The Morgan fingerprint density at radius 2 is 1.83 bits per heavy atom. The lowest BCUT2D eigenvalue weighted by Gasteiger charge is -2.11. The van der Waals surface area contributed by atoms with Crippen LogP contribution in [0.5, 0.6) is 11.5 Å². The van der Waals surface area contributed by atoms with Crippen molar-refractivity contribution in [2.45, 2.75) is 24.3 Å². The Morgan fingerprint density at radius 3 is 2.35 bits per heavy atom. The largest absolute Gasteiger partial charge is 0.493 e. The number of ether oxygens (including phenoxy) is 2. The van der Waals surface area contributed by atoms with Gasteiger partial charge in [-0.2, -0.15) is 0 Å². The lowest BCUT2D eigenvalue weighted by Crippen LogP contribution is -2.38. The highest BCUT2D eigenvalue weighted by Crippen LogP contribution is 2.29. The molecule has 23 heavy (non-hydrogen) atoms. The molecule has 0 saturated heterocycles. The summed E-state index contributed by atoms with van der Waals surface area (Å²) in [7, 11) is -0.898. The van der Waals surface area contributed by atoms with E-state index >= 15 is 0 Å². The number of hydrogen-bond donors (Lipinski definition) is 2. The monoisotopic (exact) mass is 345 g/mol. The van der Waals surface area contributed by atoms with E-state index < -0.39 is 33.5 Å². The standard InChI is InChI=1S/C14H19NO7S/c1-9(14(17)18)15-13(16)6-7-23(19,20)10-4-5-11(21-2)12(8-10)22-3/h4-5,8-9H,6-7H2,1-3H3,(H,15,16)(H,17,18)/t9-/m1/s1. The molecule has 1 rings (SSSR count). The van der Waals surface area contributed by atoms with Gasteiger partial charge in [0, 0.05) is 12.5 Å².